The van der Waals surface area contributed by atoms with E-state index in [1.807, 2.05) is 19.1 Å². The van der Waals surface area contributed by atoms with Gasteiger partial charge in [0, 0.05) is 23.7 Å². The van der Waals surface area contributed by atoms with Crippen molar-refractivity contribution in [1.29, 1.82) is 0 Å². The van der Waals surface area contributed by atoms with Gasteiger partial charge in [-0.3, -0.25) is 9.59 Å². The van der Waals surface area contributed by atoms with Gasteiger partial charge >= 0.3 is 6.18 Å². The van der Waals surface area contributed by atoms with Crippen molar-refractivity contribution in [3.8, 4) is 0 Å². The number of hydrogen-bond donors (Lipinski definition) is 1. The molecular weight excluding hydrogens is 381 g/mol. The van der Waals surface area contributed by atoms with Gasteiger partial charge in [0.25, 0.3) is 0 Å². The maximum atomic E-state index is 13.3. The van der Waals surface area contributed by atoms with Crippen LogP contribution in [0.15, 0.2) is 42.5 Å². The standard InChI is InChI=1S/C19H16ClF3N2O2/c1-11-2-5-14(6-3-11)24-18(27)12-8-17(26)25(10-12)16-7-4-13(20)9-15(16)19(21,22)23/h2-7,9,12H,8,10H2,1H3,(H,24,27). The zero-order valence-corrected chi connectivity index (χ0v) is 15.1. The minimum Gasteiger partial charge on any atom is -0.326 e. The van der Waals surface area contributed by atoms with Crippen LogP contribution in [0.1, 0.15) is 17.5 Å². The SMILES string of the molecule is Cc1ccc(NC(=O)C2CC(=O)N(c3ccc(Cl)cc3C(F)(F)F)C2)cc1. The maximum absolute atomic E-state index is 13.3. The molecule has 0 saturated carbocycles. The van der Waals surface area contributed by atoms with Gasteiger partial charge in [0.2, 0.25) is 11.8 Å². The lowest BCUT2D eigenvalue weighted by Crippen LogP contribution is -2.29. The van der Waals surface area contributed by atoms with Crippen LogP contribution in [0.5, 0.6) is 0 Å². The van der Waals surface area contributed by atoms with E-state index in [1.165, 1.54) is 6.07 Å². The van der Waals surface area contributed by atoms with Crippen LogP contribution in [0, 0.1) is 12.8 Å². The zero-order valence-electron chi connectivity index (χ0n) is 14.3. The van der Waals surface area contributed by atoms with Crippen LogP contribution in [-0.2, 0) is 15.8 Å². The Balaban J connectivity index is 1.80. The molecule has 142 valence electrons. The van der Waals surface area contributed by atoms with E-state index in [1.54, 1.807) is 12.1 Å². The molecule has 0 spiro atoms. The Hall–Kier alpha value is -2.54. The number of hydrogen-bond acceptors (Lipinski definition) is 2. The molecular formula is C19H16ClF3N2O2. The highest BCUT2D eigenvalue weighted by Crippen LogP contribution is 2.40. The molecule has 2 aromatic carbocycles. The average Bonchev–Trinajstić information content (AvgIpc) is 2.98. The second-order valence-corrected chi connectivity index (χ2v) is 6.86. The highest BCUT2D eigenvalue weighted by Gasteiger charge is 2.41. The van der Waals surface area contributed by atoms with Crippen LogP contribution in [0.25, 0.3) is 0 Å². The number of halogens is 4. The number of benzene rings is 2. The normalized spacial score (nSPS) is 17.3. The first kappa shape index (κ1) is 19.2. The van der Waals surface area contributed by atoms with Crippen LogP contribution < -0.4 is 10.2 Å². The fourth-order valence-corrected chi connectivity index (χ4v) is 3.14. The second-order valence-electron chi connectivity index (χ2n) is 6.42. The summed E-state index contributed by atoms with van der Waals surface area (Å²) in [4.78, 5) is 25.7. The molecule has 1 heterocycles. The lowest BCUT2D eigenvalue weighted by molar-refractivity contribution is -0.137. The summed E-state index contributed by atoms with van der Waals surface area (Å²) in [6.07, 6.45) is -4.82. The van der Waals surface area contributed by atoms with Crippen molar-refractivity contribution in [2.45, 2.75) is 19.5 Å². The van der Waals surface area contributed by atoms with Gasteiger partial charge in [-0.1, -0.05) is 29.3 Å². The van der Waals surface area contributed by atoms with Crippen molar-refractivity contribution in [3.63, 3.8) is 0 Å². The predicted molar refractivity (Wildman–Crippen MR) is 96.7 cm³/mol. The molecule has 1 N–H and O–H groups in total. The third-order valence-electron chi connectivity index (χ3n) is 4.37. The summed E-state index contributed by atoms with van der Waals surface area (Å²) in [7, 11) is 0. The zero-order chi connectivity index (χ0) is 19.8. The topological polar surface area (TPSA) is 49.4 Å². The van der Waals surface area contributed by atoms with Gasteiger partial charge in [-0.05, 0) is 37.3 Å². The van der Waals surface area contributed by atoms with E-state index in [0.717, 1.165) is 22.6 Å². The van der Waals surface area contributed by atoms with Crippen LogP contribution in [0.2, 0.25) is 5.02 Å². The van der Waals surface area contributed by atoms with E-state index in [2.05, 4.69) is 5.32 Å². The second kappa shape index (κ2) is 7.23. The number of aryl methyl sites for hydroxylation is 1. The lowest BCUT2D eigenvalue weighted by atomic mass is 10.1. The summed E-state index contributed by atoms with van der Waals surface area (Å²) in [6.45, 7) is 1.78. The summed E-state index contributed by atoms with van der Waals surface area (Å²) in [5.74, 6) is -1.68. The van der Waals surface area contributed by atoms with Crippen molar-refractivity contribution in [1.82, 2.24) is 0 Å². The number of carbonyl (C=O) groups is 2. The van der Waals surface area contributed by atoms with Crippen molar-refractivity contribution >= 4 is 34.8 Å². The molecule has 2 aromatic rings. The molecule has 0 bridgehead atoms. The first-order valence-corrected chi connectivity index (χ1v) is 8.57. The van der Waals surface area contributed by atoms with Gasteiger partial charge in [-0.15, -0.1) is 0 Å². The number of nitrogens with one attached hydrogen (secondary N) is 1. The van der Waals surface area contributed by atoms with Gasteiger partial charge in [0.05, 0.1) is 17.2 Å². The molecule has 0 aliphatic carbocycles. The van der Waals surface area contributed by atoms with E-state index >= 15 is 0 Å². The summed E-state index contributed by atoms with van der Waals surface area (Å²) in [5.41, 5.74) is 0.307. The number of alkyl halides is 3. The Bertz CT molecular complexity index is 882. The molecule has 1 saturated heterocycles. The number of amides is 2. The highest BCUT2D eigenvalue weighted by atomic mass is 35.5. The first-order chi connectivity index (χ1) is 12.6. The molecule has 0 radical (unpaired) electrons. The quantitative estimate of drug-likeness (QED) is 0.820. The Kier molecular flexibility index (Phi) is 5.15. The van der Waals surface area contributed by atoms with Crippen LogP contribution in [-0.4, -0.2) is 18.4 Å². The maximum Gasteiger partial charge on any atom is 0.418 e. The Morgan fingerprint density at radius 3 is 2.48 bits per heavy atom. The molecule has 27 heavy (non-hydrogen) atoms. The van der Waals surface area contributed by atoms with E-state index in [0.29, 0.717) is 5.69 Å². The molecule has 4 nitrogen and oxygen atoms in total. The molecule has 2 amide bonds. The summed E-state index contributed by atoms with van der Waals surface area (Å²) in [5, 5.41) is 2.62. The van der Waals surface area contributed by atoms with E-state index in [9.17, 15) is 22.8 Å². The third-order valence-corrected chi connectivity index (χ3v) is 4.60. The van der Waals surface area contributed by atoms with Gasteiger partial charge in [0.1, 0.15) is 0 Å². The van der Waals surface area contributed by atoms with Crippen molar-refractivity contribution in [2.24, 2.45) is 5.92 Å². The van der Waals surface area contributed by atoms with Crippen molar-refractivity contribution < 1.29 is 22.8 Å². The number of nitrogens with zero attached hydrogens (tertiary/aromatic N) is 1. The minimum absolute atomic E-state index is 0.0774. The molecule has 0 aromatic heterocycles. The van der Waals surface area contributed by atoms with Gasteiger partial charge in [0.15, 0.2) is 0 Å². The largest absolute Gasteiger partial charge is 0.418 e. The number of rotatable bonds is 3. The van der Waals surface area contributed by atoms with Gasteiger partial charge < -0.3 is 10.2 Å². The van der Waals surface area contributed by atoms with Crippen molar-refractivity contribution in [3.05, 3.63) is 58.6 Å². The number of anilines is 2. The number of carbonyl (C=O) groups excluding carboxylic acids is 2. The molecule has 1 fully saturated rings. The third kappa shape index (κ3) is 4.24. The highest BCUT2D eigenvalue weighted by molar-refractivity contribution is 6.30. The Labute approximate surface area is 158 Å². The molecule has 1 aliphatic rings. The monoisotopic (exact) mass is 396 g/mol. The predicted octanol–water partition coefficient (Wildman–Crippen LogP) is 4.66. The first-order valence-electron chi connectivity index (χ1n) is 8.20. The van der Waals surface area contributed by atoms with Gasteiger partial charge in [-0.25, -0.2) is 0 Å². The van der Waals surface area contributed by atoms with Crippen molar-refractivity contribution in [2.75, 3.05) is 16.8 Å². The Morgan fingerprint density at radius 2 is 1.85 bits per heavy atom. The summed E-state index contributed by atoms with van der Waals surface area (Å²) in [6, 6.07) is 10.3. The Morgan fingerprint density at radius 1 is 1.19 bits per heavy atom. The molecule has 8 heteroatoms. The van der Waals surface area contributed by atoms with Crippen LogP contribution in [0.4, 0.5) is 24.5 Å². The van der Waals surface area contributed by atoms with E-state index < -0.39 is 29.5 Å². The van der Waals surface area contributed by atoms with Crippen LogP contribution in [0.3, 0.4) is 0 Å². The minimum atomic E-state index is -4.66. The summed E-state index contributed by atoms with van der Waals surface area (Å²) < 4.78 is 39.9. The molecule has 1 unspecified atom stereocenters. The van der Waals surface area contributed by atoms with E-state index in [-0.39, 0.29) is 23.7 Å². The fourth-order valence-electron chi connectivity index (χ4n) is 2.97. The van der Waals surface area contributed by atoms with E-state index in [4.69, 9.17) is 11.6 Å². The summed E-state index contributed by atoms with van der Waals surface area (Å²) >= 11 is 5.68. The van der Waals surface area contributed by atoms with Crippen LogP contribution >= 0.6 is 11.6 Å². The van der Waals surface area contributed by atoms with Gasteiger partial charge in [-0.2, -0.15) is 13.2 Å². The fraction of sp³-hybridized carbons (Fsp3) is 0.263. The lowest BCUT2D eigenvalue weighted by Gasteiger charge is -2.22. The molecule has 1 aliphatic heterocycles. The molecule has 1 atom stereocenters. The smallest absolute Gasteiger partial charge is 0.326 e. The molecule has 3 rings (SSSR count). The average molecular weight is 397 g/mol.